The lowest BCUT2D eigenvalue weighted by Gasteiger charge is -2.13. The van der Waals surface area contributed by atoms with Crippen molar-refractivity contribution in [3.63, 3.8) is 0 Å². The average molecular weight is 311 g/mol. The summed E-state index contributed by atoms with van der Waals surface area (Å²) in [4.78, 5) is 0. The molecular formula is C13H15BrN2O2. The fourth-order valence-electron chi connectivity index (χ4n) is 1.66. The predicted octanol–water partition coefficient (Wildman–Crippen LogP) is 2.78. The van der Waals surface area contributed by atoms with Crippen LogP contribution in [0, 0.1) is 0 Å². The first-order valence-electron chi connectivity index (χ1n) is 5.74. The molecule has 0 amide bonds. The van der Waals surface area contributed by atoms with E-state index >= 15 is 0 Å². The zero-order valence-corrected chi connectivity index (χ0v) is 11.7. The Morgan fingerprint density at radius 1 is 1.50 bits per heavy atom. The highest BCUT2D eigenvalue weighted by Gasteiger charge is 2.09. The lowest BCUT2D eigenvalue weighted by atomic mass is 10.1. The van der Waals surface area contributed by atoms with Gasteiger partial charge in [-0.2, -0.15) is 5.10 Å². The lowest BCUT2D eigenvalue weighted by molar-refractivity contribution is 0.190. The van der Waals surface area contributed by atoms with Gasteiger partial charge in [-0.3, -0.25) is 4.68 Å². The minimum absolute atomic E-state index is 0.512. The van der Waals surface area contributed by atoms with Crippen LogP contribution in [-0.2, 0) is 6.54 Å². The monoisotopic (exact) mass is 310 g/mol. The van der Waals surface area contributed by atoms with Crippen molar-refractivity contribution in [1.82, 2.24) is 9.78 Å². The third-order valence-electron chi connectivity index (χ3n) is 2.56. The van der Waals surface area contributed by atoms with Crippen LogP contribution in [0.15, 0.2) is 41.1 Å². The minimum Gasteiger partial charge on any atom is -0.491 e. The number of hydrogen-bond donors (Lipinski definition) is 1. The van der Waals surface area contributed by atoms with Gasteiger partial charge < -0.3 is 9.84 Å². The summed E-state index contributed by atoms with van der Waals surface area (Å²) in [6, 6.07) is 7.49. The van der Waals surface area contributed by atoms with Crippen molar-refractivity contribution in [3.05, 3.63) is 46.7 Å². The summed E-state index contributed by atoms with van der Waals surface area (Å²) in [5.41, 5.74) is 0.790. The first-order valence-corrected chi connectivity index (χ1v) is 6.54. The summed E-state index contributed by atoms with van der Waals surface area (Å²) >= 11 is 3.40. The van der Waals surface area contributed by atoms with E-state index in [4.69, 9.17) is 4.74 Å². The molecule has 5 heteroatoms. The van der Waals surface area contributed by atoms with Crippen LogP contribution in [0.4, 0.5) is 0 Å². The normalized spacial score (nSPS) is 12.4. The number of aliphatic hydroxyl groups is 1. The molecule has 0 bridgehead atoms. The smallest absolute Gasteiger partial charge is 0.126 e. The Hall–Kier alpha value is -1.33. The van der Waals surface area contributed by atoms with Gasteiger partial charge in [-0.15, -0.1) is 0 Å². The number of rotatable bonds is 5. The van der Waals surface area contributed by atoms with Gasteiger partial charge >= 0.3 is 0 Å². The highest BCUT2D eigenvalue weighted by molar-refractivity contribution is 9.10. The fraction of sp³-hybridized carbons (Fsp3) is 0.308. The molecule has 1 aromatic heterocycles. The molecule has 1 aromatic carbocycles. The zero-order chi connectivity index (χ0) is 13.0. The lowest BCUT2D eigenvalue weighted by Crippen LogP contribution is -2.10. The number of aliphatic hydroxyl groups excluding tert-OH is 1. The molecular weight excluding hydrogens is 296 g/mol. The maximum Gasteiger partial charge on any atom is 0.126 e. The van der Waals surface area contributed by atoms with E-state index in [0.717, 1.165) is 10.0 Å². The zero-order valence-electron chi connectivity index (χ0n) is 10.1. The van der Waals surface area contributed by atoms with Crippen molar-refractivity contribution in [2.24, 2.45) is 0 Å². The van der Waals surface area contributed by atoms with Crippen LogP contribution in [0.1, 0.15) is 18.6 Å². The summed E-state index contributed by atoms with van der Waals surface area (Å²) in [5.74, 6) is 0.700. The largest absolute Gasteiger partial charge is 0.491 e. The van der Waals surface area contributed by atoms with Gasteiger partial charge in [0.2, 0.25) is 0 Å². The number of nitrogens with zero attached hydrogens (tertiary/aromatic N) is 2. The summed E-state index contributed by atoms with van der Waals surface area (Å²) in [6.07, 6.45) is 3.08. The average Bonchev–Trinajstić information content (AvgIpc) is 2.82. The number of benzene rings is 1. The first kappa shape index (κ1) is 13.1. The van der Waals surface area contributed by atoms with Crippen LogP contribution in [0.25, 0.3) is 0 Å². The van der Waals surface area contributed by atoms with Gasteiger partial charge in [0.25, 0.3) is 0 Å². The molecule has 4 nitrogen and oxygen atoms in total. The summed E-state index contributed by atoms with van der Waals surface area (Å²) in [7, 11) is 0. The summed E-state index contributed by atoms with van der Waals surface area (Å²) < 4.78 is 8.44. The van der Waals surface area contributed by atoms with Crippen molar-refractivity contribution in [1.29, 1.82) is 0 Å². The molecule has 96 valence electrons. The van der Waals surface area contributed by atoms with E-state index < -0.39 is 6.10 Å². The van der Waals surface area contributed by atoms with Crippen LogP contribution in [-0.4, -0.2) is 21.5 Å². The molecule has 1 N–H and O–H groups in total. The number of aromatic nitrogens is 2. The Kier molecular flexibility index (Phi) is 4.38. The second kappa shape index (κ2) is 6.02. The summed E-state index contributed by atoms with van der Waals surface area (Å²) in [6.45, 7) is 2.92. The van der Waals surface area contributed by atoms with Crippen LogP contribution < -0.4 is 4.74 Å². The van der Waals surface area contributed by atoms with E-state index in [1.807, 2.05) is 30.5 Å². The van der Waals surface area contributed by atoms with Gasteiger partial charge in [0.15, 0.2) is 0 Å². The topological polar surface area (TPSA) is 47.3 Å². The molecule has 0 radical (unpaired) electrons. The van der Waals surface area contributed by atoms with Gasteiger partial charge in [-0.05, 0) is 25.1 Å². The van der Waals surface area contributed by atoms with Crippen molar-refractivity contribution < 1.29 is 9.84 Å². The Bertz CT molecular complexity index is 498. The Morgan fingerprint density at radius 3 is 3.00 bits per heavy atom. The fourth-order valence-corrected chi connectivity index (χ4v) is 2.00. The molecule has 0 aliphatic carbocycles. The molecule has 1 heterocycles. The van der Waals surface area contributed by atoms with E-state index in [9.17, 15) is 5.11 Å². The predicted molar refractivity (Wildman–Crippen MR) is 72.5 cm³/mol. The van der Waals surface area contributed by atoms with Crippen molar-refractivity contribution >= 4 is 15.9 Å². The maximum atomic E-state index is 9.67. The minimum atomic E-state index is -0.544. The maximum absolute atomic E-state index is 9.67. The second-order valence-electron chi connectivity index (χ2n) is 3.98. The molecule has 0 unspecified atom stereocenters. The number of ether oxygens (including phenoxy) is 1. The highest BCUT2D eigenvalue weighted by atomic mass is 79.9. The molecule has 2 rings (SSSR count). The van der Waals surface area contributed by atoms with Crippen LogP contribution in [0.5, 0.6) is 5.75 Å². The van der Waals surface area contributed by atoms with Crippen molar-refractivity contribution in [2.45, 2.75) is 19.6 Å². The molecule has 0 spiro atoms. The third kappa shape index (κ3) is 3.34. The molecule has 0 aliphatic rings. The van der Waals surface area contributed by atoms with E-state index in [-0.39, 0.29) is 0 Å². The SMILES string of the molecule is C[C@H](O)c1ccc(Br)cc1OCCn1cccn1. The third-order valence-corrected chi connectivity index (χ3v) is 3.06. The molecule has 0 saturated carbocycles. The number of halogens is 1. The van der Waals surface area contributed by atoms with Gasteiger partial charge in [0.05, 0.1) is 12.6 Å². The molecule has 2 aromatic rings. The molecule has 0 fully saturated rings. The van der Waals surface area contributed by atoms with E-state index in [1.54, 1.807) is 17.8 Å². The van der Waals surface area contributed by atoms with Crippen LogP contribution in [0.3, 0.4) is 0 Å². The summed E-state index contributed by atoms with van der Waals surface area (Å²) in [5, 5.41) is 13.8. The van der Waals surface area contributed by atoms with E-state index in [2.05, 4.69) is 21.0 Å². The van der Waals surface area contributed by atoms with Crippen LogP contribution >= 0.6 is 15.9 Å². The number of hydrogen-bond acceptors (Lipinski definition) is 3. The van der Waals surface area contributed by atoms with Gasteiger partial charge in [0.1, 0.15) is 12.4 Å². The molecule has 0 saturated heterocycles. The highest BCUT2D eigenvalue weighted by Crippen LogP contribution is 2.28. The Balaban J connectivity index is 2.01. The quantitative estimate of drug-likeness (QED) is 0.923. The van der Waals surface area contributed by atoms with Crippen LogP contribution in [0.2, 0.25) is 0 Å². The molecule has 1 atom stereocenters. The van der Waals surface area contributed by atoms with E-state index in [0.29, 0.717) is 18.9 Å². The van der Waals surface area contributed by atoms with E-state index in [1.165, 1.54) is 0 Å². The van der Waals surface area contributed by atoms with Crippen molar-refractivity contribution in [2.75, 3.05) is 6.61 Å². The molecule has 0 aliphatic heterocycles. The van der Waals surface area contributed by atoms with Gasteiger partial charge in [-0.1, -0.05) is 22.0 Å². The van der Waals surface area contributed by atoms with Crippen molar-refractivity contribution in [3.8, 4) is 5.75 Å². The Morgan fingerprint density at radius 2 is 2.33 bits per heavy atom. The van der Waals surface area contributed by atoms with Gasteiger partial charge in [0, 0.05) is 22.4 Å². The Labute approximate surface area is 114 Å². The first-order chi connectivity index (χ1) is 8.66. The molecule has 18 heavy (non-hydrogen) atoms. The standard InChI is InChI=1S/C13H15BrN2O2/c1-10(17)12-4-3-11(14)9-13(12)18-8-7-16-6-2-5-15-16/h2-6,9-10,17H,7-8H2,1H3/t10-/m0/s1. The second-order valence-corrected chi connectivity index (χ2v) is 4.89. The van der Waals surface area contributed by atoms with Gasteiger partial charge in [-0.25, -0.2) is 0 Å².